The third kappa shape index (κ3) is 2.18. The predicted molar refractivity (Wildman–Crippen MR) is 72.1 cm³/mol. The number of aliphatic imine (C=N–C) groups is 1. The van der Waals surface area contributed by atoms with E-state index >= 15 is 0 Å². The zero-order valence-corrected chi connectivity index (χ0v) is 10.8. The van der Waals surface area contributed by atoms with Gasteiger partial charge in [-0.25, -0.2) is 0 Å². The fourth-order valence-electron chi connectivity index (χ4n) is 3.06. The summed E-state index contributed by atoms with van der Waals surface area (Å²) < 4.78 is 0. The molecule has 4 heteroatoms. The second-order valence-corrected chi connectivity index (χ2v) is 6.05. The van der Waals surface area contributed by atoms with Crippen molar-refractivity contribution in [1.82, 2.24) is 4.90 Å². The molecule has 1 saturated carbocycles. The number of hydrogen-bond donors (Lipinski definition) is 1. The molecule has 2 heterocycles. The van der Waals surface area contributed by atoms with Gasteiger partial charge in [0, 0.05) is 4.88 Å². The first kappa shape index (κ1) is 11.1. The average Bonchev–Trinajstić information content (AvgIpc) is 3.03. The number of rotatable bonds is 3. The van der Waals surface area contributed by atoms with Crippen LogP contribution in [0.1, 0.15) is 30.6 Å². The number of thiophene rings is 1. The molecule has 1 fully saturated rings. The molecule has 1 aromatic rings. The van der Waals surface area contributed by atoms with E-state index in [1.807, 2.05) is 0 Å². The molecule has 17 heavy (non-hydrogen) atoms. The zero-order chi connectivity index (χ0) is 11.7. The fourth-order valence-corrected chi connectivity index (χ4v) is 3.76. The summed E-state index contributed by atoms with van der Waals surface area (Å²) in [5, 5.41) is 2.13. The molecule has 2 aliphatic rings. The van der Waals surface area contributed by atoms with E-state index in [4.69, 9.17) is 5.73 Å². The summed E-state index contributed by atoms with van der Waals surface area (Å²) in [5.74, 6) is 1.55. The van der Waals surface area contributed by atoms with Crippen LogP contribution in [0.2, 0.25) is 0 Å². The van der Waals surface area contributed by atoms with E-state index in [0.717, 1.165) is 25.0 Å². The van der Waals surface area contributed by atoms with Crippen LogP contribution in [0.5, 0.6) is 0 Å². The maximum Gasteiger partial charge on any atom is 0.191 e. The molecule has 0 radical (unpaired) electrons. The van der Waals surface area contributed by atoms with Gasteiger partial charge in [0.1, 0.15) is 0 Å². The fraction of sp³-hybridized carbons (Fsp3) is 0.615. The average molecular weight is 249 g/mol. The van der Waals surface area contributed by atoms with Crippen LogP contribution in [0.3, 0.4) is 0 Å². The third-order valence-corrected chi connectivity index (χ3v) is 4.85. The summed E-state index contributed by atoms with van der Waals surface area (Å²) in [4.78, 5) is 8.15. The van der Waals surface area contributed by atoms with Crippen LogP contribution in [0.15, 0.2) is 22.5 Å². The second kappa shape index (κ2) is 4.69. The van der Waals surface area contributed by atoms with Crippen LogP contribution in [0.4, 0.5) is 0 Å². The van der Waals surface area contributed by atoms with Crippen molar-refractivity contribution in [3.05, 3.63) is 22.4 Å². The van der Waals surface area contributed by atoms with E-state index in [-0.39, 0.29) is 0 Å². The monoisotopic (exact) mass is 249 g/mol. The van der Waals surface area contributed by atoms with E-state index in [0.29, 0.717) is 6.04 Å². The summed E-state index contributed by atoms with van der Waals surface area (Å²) in [6.07, 6.45) is 5.48. The molecule has 0 aromatic carbocycles. The van der Waals surface area contributed by atoms with Crippen LogP contribution in [-0.2, 0) is 6.54 Å². The van der Waals surface area contributed by atoms with Gasteiger partial charge in [-0.2, -0.15) is 0 Å². The van der Waals surface area contributed by atoms with Gasteiger partial charge < -0.3 is 10.6 Å². The molecule has 1 atom stereocenters. The van der Waals surface area contributed by atoms with Gasteiger partial charge in [-0.1, -0.05) is 18.9 Å². The van der Waals surface area contributed by atoms with Gasteiger partial charge in [0.25, 0.3) is 0 Å². The Morgan fingerprint density at radius 2 is 2.24 bits per heavy atom. The quantitative estimate of drug-likeness (QED) is 0.894. The molecule has 0 amide bonds. The third-order valence-electron chi connectivity index (χ3n) is 3.99. The van der Waals surface area contributed by atoms with Crippen LogP contribution in [-0.4, -0.2) is 23.4 Å². The van der Waals surface area contributed by atoms with Crippen molar-refractivity contribution < 1.29 is 0 Å². The minimum absolute atomic E-state index is 0.555. The van der Waals surface area contributed by atoms with Crippen LogP contribution in [0, 0.1) is 5.92 Å². The Hall–Kier alpha value is -1.03. The van der Waals surface area contributed by atoms with Gasteiger partial charge in [-0.15, -0.1) is 11.3 Å². The van der Waals surface area contributed by atoms with E-state index in [1.165, 1.54) is 30.6 Å². The van der Waals surface area contributed by atoms with Gasteiger partial charge in [-0.05, 0) is 30.2 Å². The van der Waals surface area contributed by atoms with Gasteiger partial charge in [-0.3, -0.25) is 4.99 Å². The Kier molecular flexibility index (Phi) is 3.05. The normalized spacial score (nSPS) is 25.5. The predicted octanol–water partition coefficient (Wildman–Crippen LogP) is 2.44. The lowest BCUT2D eigenvalue weighted by Crippen LogP contribution is -2.43. The molecule has 3 nitrogen and oxygen atoms in total. The van der Waals surface area contributed by atoms with Crippen LogP contribution in [0.25, 0.3) is 0 Å². The molecule has 1 aliphatic carbocycles. The van der Waals surface area contributed by atoms with Crippen molar-refractivity contribution in [2.24, 2.45) is 16.6 Å². The SMILES string of the molecule is NC1=NCC(C2CCCC2)N1Cc1cccs1. The Balaban J connectivity index is 1.72. The van der Waals surface area contributed by atoms with E-state index in [1.54, 1.807) is 11.3 Å². The maximum absolute atomic E-state index is 6.03. The number of nitrogens with zero attached hydrogens (tertiary/aromatic N) is 2. The molecule has 0 spiro atoms. The molecule has 0 bridgehead atoms. The molecule has 1 aromatic heterocycles. The first-order valence-electron chi connectivity index (χ1n) is 6.43. The second-order valence-electron chi connectivity index (χ2n) is 5.02. The van der Waals surface area contributed by atoms with Crippen molar-refractivity contribution in [2.75, 3.05) is 6.54 Å². The van der Waals surface area contributed by atoms with Crippen molar-refractivity contribution in [3.63, 3.8) is 0 Å². The first-order valence-corrected chi connectivity index (χ1v) is 7.31. The van der Waals surface area contributed by atoms with Crippen molar-refractivity contribution in [3.8, 4) is 0 Å². The highest BCUT2D eigenvalue weighted by Crippen LogP contribution is 2.33. The van der Waals surface area contributed by atoms with Crippen molar-refractivity contribution >= 4 is 17.3 Å². The highest BCUT2D eigenvalue weighted by atomic mass is 32.1. The van der Waals surface area contributed by atoms with Gasteiger partial charge in [0.15, 0.2) is 5.96 Å². The maximum atomic E-state index is 6.03. The number of guanidine groups is 1. The van der Waals surface area contributed by atoms with Crippen LogP contribution < -0.4 is 5.73 Å². The Morgan fingerprint density at radius 3 is 2.94 bits per heavy atom. The lowest BCUT2D eigenvalue weighted by atomic mass is 9.97. The molecule has 92 valence electrons. The number of nitrogens with two attached hydrogens (primary N) is 1. The van der Waals surface area contributed by atoms with E-state index in [9.17, 15) is 0 Å². The molecular formula is C13H19N3S. The van der Waals surface area contributed by atoms with Gasteiger partial charge >= 0.3 is 0 Å². The van der Waals surface area contributed by atoms with Gasteiger partial charge in [0.2, 0.25) is 0 Å². The minimum Gasteiger partial charge on any atom is -0.370 e. The Bertz CT molecular complexity index is 393. The molecular weight excluding hydrogens is 230 g/mol. The summed E-state index contributed by atoms with van der Waals surface area (Å²) >= 11 is 1.80. The summed E-state index contributed by atoms with van der Waals surface area (Å²) in [6.45, 7) is 1.84. The smallest absolute Gasteiger partial charge is 0.191 e. The van der Waals surface area contributed by atoms with Crippen molar-refractivity contribution in [2.45, 2.75) is 38.3 Å². The Labute approximate surface area is 106 Å². The Morgan fingerprint density at radius 1 is 1.41 bits per heavy atom. The highest BCUT2D eigenvalue weighted by Gasteiger charge is 2.34. The van der Waals surface area contributed by atoms with Gasteiger partial charge in [0.05, 0.1) is 19.1 Å². The molecule has 2 N–H and O–H groups in total. The largest absolute Gasteiger partial charge is 0.370 e. The molecule has 1 aliphatic heterocycles. The first-order chi connectivity index (χ1) is 8.34. The standard InChI is InChI=1S/C13H19N3S/c14-13-15-8-12(10-4-1-2-5-10)16(13)9-11-6-3-7-17-11/h3,6-7,10,12H,1-2,4-5,8-9H2,(H2,14,15). The zero-order valence-electron chi connectivity index (χ0n) is 10.0. The summed E-state index contributed by atoms with van der Waals surface area (Å²) in [6, 6.07) is 4.84. The minimum atomic E-state index is 0.555. The number of hydrogen-bond acceptors (Lipinski definition) is 4. The lowest BCUT2D eigenvalue weighted by Gasteiger charge is -2.30. The van der Waals surface area contributed by atoms with Crippen LogP contribution >= 0.6 is 11.3 Å². The highest BCUT2D eigenvalue weighted by molar-refractivity contribution is 7.09. The molecule has 0 saturated heterocycles. The van der Waals surface area contributed by atoms with E-state index in [2.05, 4.69) is 27.4 Å². The summed E-state index contributed by atoms with van der Waals surface area (Å²) in [5.41, 5.74) is 6.03. The lowest BCUT2D eigenvalue weighted by molar-refractivity contribution is 0.247. The molecule has 1 unspecified atom stereocenters. The van der Waals surface area contributed by atoms with Crippen molar-refractivity contribution in [1.29, 1.82) is 0 Å². The van der Waals surface area contributed by atoms with E-state index < -0.39 is 0 Å². The topological polar surface area (TPSA) is 41.6 Å². The molecule has 3 rings (SSSR count). The summed E-state index contributed by atoms with van der Waals surface area (Å²) in [7, 11) is 0.